The van der Waals surface area contributed by atoms with Crippen molar-refractivity contribution in [2.45, 2.75) is 36.9 Å². The molecule has 0 saturated carbocycles. The zero-order valence-electron chi connectivity index (χ0n) is 11.1. The molecule has 1 heterocycles. The second-order valence-electron chi connectivity index (χ2n) is 4.09. The summed E-state index contributed by atoms with van der Waals surface area (Å²) in [5, 5.41) is 18.3. The number of rotatable bonds is 9. The predicted octanol–water partition coefficient (Wildman–Crippen LogP) is 0.327. The Morgan fingerprint density at radius 3 is 2.60 bits per heavy atom. The molecular weight excluding hydrogens is 304 g/mol. The van der Waals surface area contributed by atoms with Gasteiger partial charge in [-0.2, -0.15) is 0 Å². The third kappa shape index (κ3) is 5.90. The monoisotopic (exact) mass is 322 g/mol. The summed E-state index contributed by atoms with van der Waals surface area (Å²) in [5.41, 5.74) is 0. The van der Waals surface area contributed by atoms with E-state index in [2.05, 4.69) is 20.2 Å². The molecule has 0 fully saturated rings. The number of unbranched alkanes of at least 4 members (excludes halogenated alkanes) is 3. The third-order valence-corrected chi connectivity index (χ3v) is 4.96. The molecule has 0 bridgehead atoms. The Bertz CT molecular complexity index is 529. The topological polar surface area (TPSA) is 121 Å². The van der Waals surface area contributed by atoms with Gasteiger partial charge in [0.2, 0.25) is 15.4 Å². The molecule has 1 rings (SSSR count). The first-order valence-electron chi connectivity index (χ1n) is 6.17. The Hall–Kier alpha value is -1.10. The summed E-state index contributed by atoms with van der Waals surface area (Å²) in [6, 6.07) is 0. The van der Waals surface area contributed by atoms with Crippen LogP contribution in [0.3, 0.4) is 0 Å². The van der Waals surface area contributed by atoms with E-state index in [0.717, 1.165) is 30.6 Å². The number of aliphatic hydroxyl groups excluding tert-OH is 1. The maximum Gasteiger partial charge on any atom is 0.269 e. The Morgan fingerprint density at radius 2 is 1.95 bits per heavy atom. The molecule has 0 aromatic carbocycles. The summed E-state index contributed by atoms with van der Waals surface area (Å²) in [7, 11) is -3.67. The maximum absolute atomic E-state index is 11.9. The molecule has 0 aliphatic heterocycles. The van der Waals surface area contributed by atoms with Crippen LogP contribution in [0.4, 0.5) is 5.13 Å². The van der Waals surface area contributed by atoms with E-state index < -0.39 is 10.0 Å². The van der Waals surface area contributed by atoms with Gasteiger partial charge in [0.05, 0.1) is 0 Å². The van der Waals surface area contributed by atoms with Crippen molar-refractivity contribution in [1.82, 2.24) is 14.9 Å². The van der Waals surface area contributed by atoms with Crippen LogP contribution in [0.2, 0.25) is 0 Å². The smallest absolute Gasteiger partial charge is 0.269 e. The molecule has 8 nitrogen and oxygen atoms in total. The fraction of sp³-hybridized carbons (Fsp3) is 0.700. The molecule has 10 heteroatoms. The van der Waals surface area contributed by atoms with Gasteiger partial charge in [-0.15, -0.1) is 10.2 Å². The zero-order chi connectivity index (χ0) is 15.0. The van der Waals surface area contributed by atoms with E-state index in [-0.39, 0.29) is 22.0 Å². The van der Waals surface area contributed by atoms with E-state index in [0.29, 0.717) is 13.0 Å². The fourth-order valence-electron chi connectivity index (χ4n) is 1.38. The van der Waals surface area contributed by atoms with Gasteiger partial charge in [-0.25, -0.2) is 13.1 Å². The van der Waals surface area contributed by atoms with Gasteiger partial charge in [0.25, 0.3) is 10.0 Å². The van der Waals surface area contributed by atoms with Gasteiger partial charge in [0.1, 0.15) is 0 Å². The molecule has 0 aliphatic rings. The zero-order valence-corrected chi connectivity index (χ0v) is 12.8. The van der Waals surface area contributed by atoms with Crippen molar-refractivity contribution < 1.29 is 18.3 Å². The number of sulfonamides is 1. The van der Waals surface area contributed by atoms with Crippen molar-refractivity contribution >= 4 is 32.4 Å². The van der Waals surface area contributed by atoms with Crippen molar-refractivity contribution in [3.63, 3.8) is 0 Å². The Balaban J connectivity index is 2.43. The van der Waals surface area contributed by atoms with Crippen LogP contribution >= 0.6 is 11.3 Å². The molecule has 0 spiro atoms. The third-order valence-electron chi connectivity index (χ3n) is 2.30. The lowest BCUT2D eigenvalue weighted by Gasteiger charge is -2.03. The van der Waals surface area contributed by atoms with E-state index in [1.54, 1.807) is 0 Å². The van der Waals surface area contributed by atoms with Crippen LogP contribution in [-0.2, 0) is 14.8 Å². The van der Waals surface area contributed by atoms with Crippen molar-refractivity contribution in [3.8, 4) is 0 Å². The molecule has 1 amide bonds. The van der Waals surface area contributed by atoms with E-state index in [1.165, 1.54) is 6.92 Å². The molecule has 20 heavy (non-hydrogen) atoms. The molecule has 0 unspecified atom stereocenters. The lowest BCUT2D eigenvalue weighted by Crippen LogP contribution is -2.24. The fourth-order valence-corrected chi connectivity index (χ4v) is 3.44. The van der Waals surface area contributed by atoms with Crippen molar-refractivity contribution in [1.29, 1.82) is 0 Å². The van der Waals surface area contributed by atoms with Crippen LogP contribution in [0.1, 0.15) is 32.6 Å². The van der Waals surface area contributed by atoms with Crippen LogP contribution in [0.5, 0.6) is 0 Å². The summed E-state index contributed by atoms with van der Waals surface area (Å²) in [6.45, 7) is 1.77. The lowest BCUT2D eigenvalue weighted by molar-refractivity contribution is -0.114. The predicted molar refractivity (Wildman–Crippen MR) is 75.0 cm³/mol. The first kappa shape index (κ1) is 17.0. The van der Waals surface area contributed by atoms with E-state index in [9.17, 15) is 13.2 Å². The van der Waals surface area contributed by atoms with Crippen LogP contribution < -0.4 is 10.0 Å². The number of hydrogen-bond acceptors (Lipinski definition) is 7. The number of carbonyl (C=O) groups is 1. The average Bonchev–Trinajstić information content (AvgIpc) is 2.82. The minimum Gasteiger partial charge on any atom is -0.396 e. The number of aromatic nitrogens is 2. The van der Waals surface area contributed by atoms with Crippen LogP contribution in [0, 0.1) is 0 Å². The van der Waals surface area contributed by atoms with Gasteiger partial charge in [0, 0.05) is 20.1 Å². The second-order valence-corrected chi connectivity index (χ2v) is 7.01. The second kappa shape index (κ2) is 8.25. The molecular formula is C10H18N4O4S2. The number of amides is 1. The highest BCUT2D eigenvalue weighted by Crippen LogP contribution is 2.19. The first-order valence-corrected chi connectivity index (χ1v) is 8.47. The summed E-state index contributed by atoms with van der Waals surface area (Å²) >= 11 is 0.802. The summed E-state index contributed by atoms with van der Waals surface area (Å²) < 4.78 is 26.0. The molecule has 0 radical (unpaired) electrons. The van der Waals surface area contributed by atoms with Crippen LogP contribution in [0.25, 0.3) is 0 Å². The summed E-state index contributed by atoms with van der Waals surface area (Å²) in [6.07, 6.45) is 3.12. The van der Waals surface area contributed by atoms with E-state index in [1.807, 2.05) is 0 Å². The van der Waals surface area contributed by atoms with Crippen molar-refractivity contribution in [2.75, 3.05) is 18.5 Å². The standard InChI is InChI=1S/C10H18N4O4S2/c1-8(16)12-9-13-14-10(19-9)20(17,18)11-6-4-2-3-5-7-15/h11,15H,2-7H2,1H3,(H,12,13,16). The van der Waals surface area contributed by atoms with Crippen molar-refractivity contribution in [3.05, 3.63) is 0 Å². The van der Waals surface area contributed by atoms with Crippen LogP contribution in [0.15, 0.2) is 4.34 Å². The summed E-state index contributed by atoms with van der Waals surface area (Å²) in [5.74, 6) is -0.332. The number of nitrogens with one attached hydrogen (secondary N) is 2. The number of carbonyl (C=O) groups excluding carboxylic acids is 1. The highest BCUT2D eigenvalue weighted by atomic mass is 32.2. The maximum atomic E-state index is 11.9. The van der Waals surface area contributed by atoms with Crippen LogP contribution in [-0.4, -0.2) is 42.8 Å². The molecule has 1 aromatic heterocycles. The van der Waals surface area contributed by atoms with Gasteiger partial charge in [-0.1, -0.05) is 24.2 Å². The normalized spacial score (nSPS) is 11.5. The highest BCUT2D eigenvalue weighted by Gasteiger charge is 2.19. The summed E-state index contributed by atoms with van der Waals surface area (Å²) in [4.78, 5) is 10.8. The minimum atomic E-state index is -3.67. The van der Waals surface area contributed by atoms with Gasteiger partial charge in [-0.3, -0.25) is 4.79 Å². The highest BCUT2D eigenvalue weighted by molar-refractivity contribution is 7.91. The SMILES string of the molecule is CC(=O)Nc1nnc(S(=O)(=O)NCCCCCCO)s1. The Labute approximate surface area is 121 Å². The van der Waals surface area contributed by atoms with Gasteiger partial charge >= 0.3 is 0 Å². The largest absolute Gasteiger partial charge is 0.396 e. The number of nitrogens with zero attached hydrogens (tertiary/aromatic N) is 2. The molecule has 0 aliphatic carbocycles. The molecule has 114 valence electrons. The number of aliphatic hydroxyl groups is 1. The molecule has 0 atom stereocenters. The molecule has 1 aromatic rings. The van der Waals surface area contributed by atoms with Gasteiger partial charge < -0.3 is 10.4 Å². The van der Waals surface area contributed by atoms with E-state index in [4.69, 9.17) is 5.11 Å². The number of hydrogen-bond donors (Lipinski definition) is 3. The molecule has 0 saturated heterocycles. The quantitative estimate of drug-likeness (QED) is 0.445. The van der Waals surface area contributed by atoms with Gasteiger partial charge in [-0.05, 0) is 12.8 Å². The van der Waals surface area contributed by atoms with Gasteiger partial charge in [0.15, 0.2) is 0 Å². The first-order chi connectivity index (χ1) is 9.45. The number of anilines is 1. The van der Waals surface area contributed by atoms with E-state index >= 15 is 0 Å². The Morgan fingerprint density at radius 1 is 1.25 bits per heavy atom. The molecule has 3 N–H and O–H groups in total. The Kier molecular flexibility index (Phi) is 6.99. The van der Waals surface area contributed by atoms with Crippen molar-refractivity contribution in [2.24, 2.45) is 0 Å². The lowest BCUT2D eigenvalue weighted by atomic mass is 10.2. The minimum absolute atomic E-state index is 0.154. The average molecular weight is 322 g/mol.